The molecule has 0 aromatic carbocycles. The second-order valence-electron chi connectivity index (χ2n) is 8.64. The summed E-state index contributed by atoms with van der Waals surface area (Å²) in [6.45, 7) is 6.69. The summed E-state index contributed by atoms with van der Waals surface area (Å²) in [5.74, 6) is 0. The summed E-state index contributed by atoms with van der Waals surface area (Å²) < 4.78 is 0.346. The van der Waals surface area contributed by atoms with Crippen LogP contribution in [0.4, 0.5) is 0 Å². The molecule has 0 radical (unpaired) electrons. The Balaban J connectivity index is 3.32. The van der Waals surface area contributed by atoms with Crippen molar-refractivity contribution in [1.82, 2.24) is 0 Å². The van der Waals surface area contributed by atoms with Crippen LogP contribution in [0.25, 0.3) is 0 Å². The lowest BCUT2D eigenvalue weighted by molar-refractivity contribution is -0.990. The van der Waals surface area contributed by atoms with Gasteiger partial charge in [-0.25, -0.2) is 0 Å². The van der Waals surface area contributed by atoms with Crippen LogP contribution in [0, 0.1) is 0 Å². The number of aliphatic hydroxyl groups is 2. The van der Waals surface area contributed by atoms with Crippen molar-refractivity contribution in [2.24, 2.45) is 0 Å². The molecule has 3 nitrogen and oxygen atoms in total. The van der Waals surface area contributed by atoms with Crippen molar-refractivity contribution < 1.29 is 14.7 Å². The highest BCUT2D eigenvalue weighted by atomic mass is 16.3. The summed E-state index contributed by atoms with van der Waals surface area (Å²) in [5.41, 5.74) is 0. The predicted octanol–water partition coefficient (Wildman–Crippen LogP) is 6.37. The van der Waals surface area contributed by atoms with E-state index in [1.54, 1.807) is 13.8 Å². The molecule has 0 aromatic rings. The Bertz CT molecular complexity index is 284. The van der Waals surface area contributed by atoms with E-state index in [1.165, 1.54) is 96.3 Å². The molecule has 0 saturated heterocycles. The number of quaternary nitrogens is 1. The van der Waals surface area contributed by atoms with E-state index in [9.17, 15) is 10.2 Å². The molecule has 0 heterocycles. The Kier molecular flexibility index (Phi) is 16.9. The lowest BCUT2D eigenvalue weighted by Crippen LogP contribution is -2.57. The van der Waals surface area contributed by atoms with Gasteiger partial charge in [0.05, 0.1) is 13.6 Å². The molecule has 0 amide bonds. The zero-order valence-electron chi connectivity index (χ0n) is 18.5. The molecule has 0 fully saturated rings. The zero-order valence-corrected chi connectivity index (χ0v) is 18.5. The van der Waals surface area contributed by atoms with Crippen LogP contribution in [0.3, 0.4) is 0 Å². The van der Waals surface area contributed by atoms with Crippen molar-refractivity contribution in [3.8, 4) is 0 Å². The van der Waals surface area contributed by atoms with Gasteiger partial charge in [0.15, 0.2) is 12.5 Å². The number of unbranched alkanes of at least 4 members (excludes halogenated alkanes) is 15. The number of nitrogens with zero attached hydrogens (tertiary/aromatic N) is 1. The van der Waals surface area contributed by atoms with E-state index in [4.69, 9.17) is 0 Å². The average molecular weight is 373 g/mol. The molecule has 0 saturated carbocycles. The van der Waals surface area contributed by atoms with E-state index in [2.05, 4.69) is 6.92 Å². The first-order chi connectivity index (χ1) is 12.4. The first-order valence-corrected chi connectivity index (χ1v) is 11.7. The lowest BCUT2D eigenvalue weighted by Gasteiger charge is -2.39. The smallest absolute Gasteiger partial charge is 0.189 e. The standard InChI is InChI=1S/C23H50NO2/c1-5-6-7-8-9-10-11-12-13-14-15-16-17-18-19-20-21-24(4,22(2)25)23(3)26/h22-23,25-26H,5-21H2,1-4H3/q+1. The van der Waals surface area contributed by atoms with Crippen LogP contribution in [0.2, 0.25) is 0 Å². The Morgan fingerprint density at radius 2 is 0.808 bits per heavy atom. The third-order valence-electron chi connectivity index (χ3n) is 6.20. The predicted molar refractivity (Wildman–Crippen MR) is 114 cm³/mol. The van der Waals surface area contributed by atoms with Crippen LogP contribution in [-0.2, 0) is 0 Å². The molecule has 26 heavy (non-hydrogen) atoms. The molecule has 2 atom stereocenters. The van der Waals surface area contributed by atoms with E-state index >= 15 is 0 Å². The van der Waals surface area contributed by atoms with Crippen LogP contribution in [-0.4, -0.2) is 40.7 Å². The van der Waals surface area contributed by atoms with Gasteiger partial charge < -0.3 is 10.2 Å². The molecule has 2 N–H and O–H groups in total. The van der Waals surface area contributed by atoms with Gasteiger partial charge in [-0.05, 0) is 12.8 Å². The maximum Gasteiger partial charge on any atom is 0.189 e. The maximum absolute atomic E-state index is 9.88. The molecule has 0 spiro atoms. The summed E-state index contributed by atoms with van der Waals surface area (Å²) in [4.78, 5) is 0. The molecule has 0 rings (SSSR count). The van der Waals surface area contributed by atoms with Crippen LogP contribution < -0.4 is 0 Å². The minimum atomic E-state index is -0.508. The fourth-order valence-electron chi connectivity index (χ4n) is 3.69. The SMILES string of the molecule is CCCCCCCCCCCCCCCCCC[N+](C)(C(C)O)C(C)O. The van der Waals surface area contributed by atoms with Crippen LogP contribution in [0.15, 0.2) is 0 Å². The van der Waals surface area contributed by atoms with Crippen LogP contribution >= 0.6 is 0 Å². The largest absolute Gasteiger partial charge is 0.345 e. The van der Waals surface area contributed by atoms with Crippen molar-refractivity contribution in [3.63, 3.8) is 0 Å². The molecule has 3 heteroatoms. The highest BCUT2D eigenvalue weighted by molar-refractivity contribution is 4.50. The van der Waals surface area contributed by atoms with Crippen LogP contribution in [0.1, 0.15) is 124 Å². The monoisotopic (exact) mass is 372 g/mol. The molecule has 0 aliphatic rings. The third-order valence-corrected chi connectivity index (χ3v) is 6.20. The fraction of sp³-hybridized carbons (Fsp3) is 1.00. The molecule has 158 valence electrons. The number of aliphatic hydroxyl groups excluding tert-OH is 2. The molecule has 2 unspecified atom stereocenters. The molecular formula is C23H50NO2+. The topological polar surface area (TPSA) is 40.5 Å². The molecular weight excluding hydrogens is 322 g/mol. The molecule has 0 aromatic heterocycles. The Morgan fingerprint density at radius 3 is 1.08 bits per heavy atom. The molecule has 0 bridgehead atoms. The highest BCUT2D eigenvalue weighted by Crippen LogP contribution is 2.17. The van der Waals surface area contributed by atoms with Gasteiger partial charge in [-0.3, -0.25) is 4.48 Å². The van der Waals surface area contributed by atoms with Gasteiger partial charge in [0.25, 0.3) is 0 Å². The average Bonchev–Trinajstić information content (AvgIpc) is 2.60. The molecule has 0 aliphatic carbocycles. The fourth-order valence-corrected chi connectivity index (χ4v) is 3.69. The van der Waals surface area contributed by atoms with Crippen molar-refractivity contribution in [1.29, 1.82) is 0 Å². The van der Waals surface area contributed by atoms with Crippen molar-refractivity contribution in [2.45, 2.75) is 136 Å². The van der Waals surface area contributed by atoms with Crippen molar-refractivity contribution in [2.75, 3.05) is 13.6 Å². The third kappa shape index (κ3) is 13.1. The van der Waals surface area contributed by atoms with E-state index in [0.29, 0.717) is 4.48 Å². The summed E-state index contributed by atoms with van der Waals surface area (Å²) >= 11 is 0. The van der Waals surface area contributed by atoms with Gasteiger partial charge in [-0.2, -0.15) is 0 Å². The van der Waals surface area contributed by atoms with Gasteiger partial charge in [0, 0.05) is 13.8 Å². The quantitative estimate of drug-likeness (QED) is 0.157. The Labute approximate surface area is 164 Å². The number of hydrogen-bond donors (Lipinski definition) is 2. The summed E-state index contributed by atoms with van der Waals surface area (Å²) in [6.07, 6.45) is 20.9. The van der Waals surface area contributed by atoms with Crippen molar-refractivity contribution >= 4 is 0 Å². The van der Waals surface area contributed by atoms with E-state index in [1.807, 2.05) is 7.05 Å². The van der Waals surface area contributed by atoms with E-state index < -0.39 is 12.5 Å². The van der Waals surface area contributed by atoms with Gasteiger partial charge in [-0.15, -0.1) is 0 Å². The lowest BCUT2D eigenvalue weighted by atomic mass is 10.0. The summed E-state index contributed by atoms with van der Waals surface area (Å²) in [7, 11) is 1.94. The first kappa shape index (κ1) is 25.9. The van der Waals surface area contributed by atoms with Gasteiger partial charge >= 0.3 is 0 Å². The number of rotatable bonds is 19. The van der Waals surface area contributed by atoms with E-state index in [0.717, 1.165) is 13.0 Å². The number of hydrogen-bond acceptors (Lipinski definition) is 2. The summed E-state index contributed by atoms with van der Waals surface area (Å²) in [6, 6.07) is 0. The minimum absolute atomic E-state index is 0.346. The minimum Gasteiger partial charge on any atom is -0.345 e. The molecule has 0 aliphatic heterocycles. The summed E-state index contributed by atoms with van der Waals surface area (Å²) in [5, 5.41) is 19.8. The first-order valence-electron chi connectivity index (χ1n) is 11.7. The van der Waals surface area contributed by atoms with Crippen molar-refractivity contribution in [3.05, 3.63) is 0 Å². The second-order valence-corrected chi connectivity index (χ2v) is 8.64. The van der Waals surface area contributed by atoms with Crippen LogP contribution in [0.5, 0.6) is 0 Å². The highest BCUT2D eigenvalue weighted by Gasteiger charge is 2.31. The normalized spacial score (nSPS) is 16.4. The Hall–Kier alpha value is -0.120. The maximum atomic E-state index is 9.88. The van der Waals surface area contributed by atoms with Gasteiger partial charge in [-0.1, -0.05) is 96.8 Å². The second kappa shape index (κ2) is 17.0. The Morgan fingerprint density at radius 1 is 0.538 bits per heavy atom. The van der Waals surface area contributed by atoms with Gasteiger partial charge in [0.1, 0.15) is 0 Å². The zero-order chi connectivity index (χ0) is 19.7. The van der Waals surface area contributed by atoms with E-state index in [-0.39, 0.29) is 0 Å². The van der Waals surface area contributed by atoms with Gasteiger partial charge in [0.2, 0.25) is 0 Å².